The maximum Gasteiger partial charge on any atom is 0.326 e. The van der Waals surface area contributed by atoms with E-state index in [-0.39, 0.29) is 12.5 Å². The molecule has 0 fully saturated rings. The first-order valence-corrected chi connectivity index (χ1v) is 7.46. The standard InChI is InChI=1S/C16H21N3O4/c1-10(2)7-12(16(21)22)18-14(20)9-23-13-5-4-6-19-8-11(3)17-15(13)19/h4-6,8,10,12H,7,9H2,1-3H3,(H,18,20)(H,21,22). The van der Waals surface area contributed by atoms with Crippen LogP contribution in [0.25, 0.3) is 5.65 Å². The summed E-state index contributed by atoms with van der Waals surface area (Å²) in [4.78, 5) is 27.4. The van der Waals surface area contributed by atoms with Gasteiger partial charge in [0.1, 0.15) is 6.04 Å². The predicted octanol–water partition coefficient (Wildman–Crippen LogP) is 1.64. The number of aromatic nitrogens is 2. The largest absolute Gasteiger partial charge is 0.480 e. The number of carboxylic acids is 1. The van der Waals surface area contributed by atoms with E-state index in [1.54, 1.807) is 16.5 Å². The van der Waals surface area contributed by atoms with Crippen LogP contribution in [-0.2, 0) is 9.59 Å². The number of aryl methyl sites for hydroxylation is 1. The number of carboxylic acid groups (broad SMARTS) is 1. The van der Waals surface area contributed by atoms with Crippen LogP contribution in [0.5, 0.6) is 5.75 Å². The van der Waals surface area contributed by atoms with Gasteiger partial charge in [0.05, 0.1) is 5.69 Å². The summed E-state index contributed by atoms with van der Waals surface area (Å²) in [5, 5.41) is 11.6. The minimum Gasteiger partial charge on any atom is -0.480 e. The molecule has 124 valence electrons. The van der Waals surface area contributed by atoms with Gasteiger partial charge >= 0.3 is 5.97 Å². The fourth-order valence-electron chi connectivity index (χ4n) is 2.29. The Morgan fingerprint density at radius 2 is 2.17 bits per heavy atom. The molecule has 7 heteroatoms. The summed E-state index contributed by atoms with van der Waals surface area (Å²) in [6, 6.07) is 2.61. The van der Waals surface area contributed by atoms with Crippen LogP contribution >= 0.6 is 0 Å². The fraction of sp³-hybridized carbons (Fsp3) is 0.438. The highest BCUT2D eigenvalue weighted by Crippen LogP contribution is 2.18. The Hall–Kier alpha value is -2.57. The first kappa shape index (κ1) is 16.8. The van der Waals surface area contributed by atoms with E-state index in [4.69, 9.17) is 9.84 Å². The second-order valence-corrected chi connectivity index (χ2v) is 5.86. The van der Waals surface area contributed by atoms with Gasteiger partial charge in [-0.25, -0.2) is 9.78 Å². The van der Waals surface area contributed by atoms with Crippen LogP contribution in [0.15, 0.2) is 24.5 Å². The number of ether oxygens (including phenoxy) is 1. The zero-order valence-corrected chi connectivity index (χ0v) is 13.4. The minimum atomic E-state index is -1.04. The maximum absolute atomic E-state index is 11.9. The number of rotatable bonds is 7. The molecule has 1 amide bonds. The molecule has 0 saturated carbocycles. The van der Waals surface area contributed by atoms with Crippen molar-refractivity contribution in [2.75, 3.05) is 6.61 Å². The van der Waals surface area contributed by atoms with E-state index in [1.165, 1.54) is 0 Å². The Kier molecular flexibility index (Phi) is 5.20. The van der Waals surface area contributed by atoms with Gasteiger partial charge in [0.2, 0.25) is 0 Å². The summed E-state index contributed by atoms with van der Waals surface area (Å²) in [6.07, 6.45) is 4.06. The number of amides is 1. The number of hydrogen-bond acceptors (Lipinski definition) is 4. The SMILES string of the molecule is Cc1cn2cccc(OCC(=O)NC(CC(C)C)C(=O)O)c2n1. The van der Waals surface area contributed by atoms with Crippen LogP contribution in [0.3, 0.4) is 0 Å². The van der Waals surface area contributed by atoms with E-state index in [9.17, 15) is 9.59 Å². The lowest BCUT2D eigenvalue weighted by Gasteiger charge is -2.16. The van der Waals surface area contributed by atoms with Crippen molar-refractivity contribution >= 4 is 17.5 Å². The average molecular weight is 319 g/mol. The van der Waals surface area contributed by atoms with Crippen molar-refractivity contribution in [2.45, 2.75) is 33.2 Å². The number of nitrogens with one attached hydrogen (secondary N) is 1. The van der Waals surface area contributed by atoms with Gasteiger partial charge in [-0.05, 0) is 31.4 Å². The smallest absolute Gasteiger partial charge is 0.326 e. The lowest BCUT2D eigenvalue weighted by molar-refractivity contribution is -0.142. The molecule has 2 aromatic heterocycles. The van der Waals surface area contributed by atoms with Crippen LogP contribution in [0.4, 0.5) is 0 Å². The van der Waals surface area contributed by atoms with E-state index in [1.807, 2.05) is 33.2 Å². The summed E-state index contributed by atoms with van der Waals surface area (Å²) < 4.78 is 7.30. The van der Waals surface area contributed by atoms with Crippen molar-refractivity contribution in [1.29, 1.82) is 0 Å². The molecule has 2 heterocycles. The monoisotopic (exact) mass is 319 g/mol. The first-order valence-electron chi connectivity index (χ1n) is 7.46. The molecule has 2 N–H and O–H groups in total. The molecular formula is C16H21N3O4. The number of carbonyl (C=O) groups is 2. The molecule has 2 rings (SSSR count). The van der Waals surface area contributed by atoms with Crippen molar-refractivity contribution in [1.82, 2.24) is 14.7 Å². The summed E-state index contributed by atoms with van der Waals surface area (Å²) >= 11 is 0. The van der Waals surface area contributed by atoms with Gasteiger partial charge in [-0.1, -0.05) is 13.8 Å². The van der Waals surface area contributed by atoms with Gasteiger partial charge in [0.25, 0.3) is 5.91 Å². The highest BCUT2D eigenvalue weighted by molar-refractivity contribution is 5.84. The molecule has 1 atom stereocenters. The van der Waals surface area contributed by atoms with Gasteiger partial charge in [-0.15, -0.1) is 0 Å². The summed E-state index contributed by atoms with van der Waals surface area (Å²) in [5.74, 6) is -0.869. The number of carbonyl (C=O) groups excluding carboxylic acids is 1. The zero-order valence-electron chi connectivity index (χ0n) is 13.4. The van der Waals surface area contributed by atoms with Crippen LogP contribution in [0, 0.1) is 12.8 Å². The highest BCUT2D eigenvalue weighted by Gasteiger charge is 2.21. The van der Waals surface area contributed by atoms with Crippen molar-refractivity contribution in [3.8, 4) is 5.75 Å². The number of nitrogens with zero attached hydrogens (tertiary/aromatic N) is 2. The molecule has 0 aromatic carbocycles. The zero-order chi connectivity index (χ0) is 17.0. The minimum absolute atomic E-state index is 0.166. The summed E-state index contributed by atoms with van der Waals surface area (Å²) in [5.41, 5.74) is 1.46. The van der Waals surface area contributed by atoms with Crippen LogP contribution < -0.4 is 10.1 Å². The summed E-state index contributed by atoms with van der Waals surface area (Å²) in [6.45, 7) is 5.42. The Morgan fingerprint density at radius 3 is 2.83 bits per heavy atom. The number of hydrogen-bond donors (Lipinski definition) is 2. The third-order valence-corrected chi connectivity index (χ3v) is 3.27. The molecule has 0 saturated heterocycles. The Morgan fingerprint density at radius 1 is 1.43 bits per heavy atom. The van der Waals surface area contributed by atoms with Crippen LogP contribution in [0.1, 0.15) is 26.0 Å². The molecule has 2 aromatic rings. The summed E-state index contributed by atoms with van der Waals surface area (Å²) in [7, 11) is 0. The number of imidazole rings is 1. The quantitative estimate of drug-likeness (QED) is 0.809. The molecule has 0 radical (unpaired) electrons. The molecule has 0 aliphatic heterocycles. The molecule has 7 nitrogen and oxygen atoms in total. The van der Waals surface area contributed by atoms with E-state index in [0.717, 1.165) is 5.69 Å². The lowest BCUT2D eigenvalue weighted by Crippen LogP contribution is -2.43. The van der Waals surface area contributed by atoms with Gasteiger partial charge in [0.15, 0.2) is 18.0 Å². The number of pyridine rings is 1. The Balaban J connectivity index is 1.99. The number of aliphatic carboxylic acids is 1. The van der Waals surface area contributed by atoms with Crippen molar-refractivity contribution in [3.05, 3.63) is 30.2 Å². The predicted molar refractivity (Wildman–Crippen MR) is 84.4 cm³/mol. The third-order valence-electron chi connectivity index (χ3n) is 3.27. The van der Waals surface area contributed by atoms with Gasteiger partial charge in [-0.2, -0.15) is 0 Å². The fourth-order valence-corrected chi connectivity index (χ4v) is 2.29. The molecule has 0 aliphatic carbocycles. The normalized spacial score (nSPS) is 12.3. The van der Waals surface area contributed by atoms with Crippen molar-refractivity contribution < 1.29 is 19.4 Å². The molecule has 0 aliphatic rings. The Bertz CT molecular complexity index is 708. The van der Waals surface area contributed by atoms with Crippen molar-refractivity contribution in [2.24, 2.45) is 5.92 Å². The van der Waals surface area contributed by atoms with Gasteiger partial charge in [0, 0.05) is 12.4 Å². The highest BCUT2D eigenvalue weighted by atomic mass is 16.5. The molecule has 0 bridgehead atoms. The molecule has 0 spiro atoms. The van der Waals surface area contributed by atoms with Gasteiger partial charge < -0.3 is 19.6 Å². The second kappa shape index (κ2) is 7.13. The van der Waals surface area contributed by atoms with Gasteiger partial charge in [-0.3, -0.25) is 4.79 Å². The van der Waals surface area contributed by atoms with Crippen LogP contribution in [0.2, 0.25) is 0 Å². The van der Waals surface area contributed by atoms with E-state index < -0.39 is 17.9 Å². The first-order chi connectivity index (χ1) is 10.9. The number of fused-ring (bicyclic) bond motifs is 1. The maximum atomic E-state index is 11.9. The van der Waals surface area contributed by atoms with E-state index in [0.29, 0.717) is 17.8 Å². The molecular weight excluding hydrogens is 298 g/mol. The van der Waals surface area contributed by atoms with E-state index in [2.05, 4.69) is 10.3 Å². The Labute approximate surface area is 134 Å². The van der Waals surface area contributed by atoms with Crippen LogP contribution in [-0.4, -0.2) is 39.0 Å². The second-order valence-electron chi connectivity index (χ2n) is 5.86. The molecule has 1 unspecified atom stereocenters. The lowest BCUT2D eigenvalue weighted by atomic mass is 10.0. The van der Waals surface area contributed by atoms with E-state index >= 15 is 0 Å². The molecule has 23 heavy (non-hydrogen) atoms. The third kappa shape index (κ3) is 4.45. The van der Waals surface area contributed by atoms with Crippen molar-refractivity contribution in [3.63, 3.8) is 0 Å². The topological polar surface area (TPSA) is 92.9 Å². The average Bonchev–Trinajstić information content (AvgIpc) is 2.84.